The molecule has 0 aliphatic rings. The number of carbonyl (C=O) groups is 1. The molecule has 1 aromatic carbocycles. The van der Waals surface area contributed by atoms with E-state index in [9.17, 15) is 13.6 Å². The van der Waals surface area contributed by atoms with E-state index in [4.69, 9.17) is 0 Å². The van der Waals surface area contributed by atoms with Gasteiger partial charge in [0.1, 0.15) is 5.75 Å². The normalized spacial score (nSPS) is 10.8. The van der Waals surface area contributed by atoms with Crippen molar-refractivity contribution in [3.63, 3.8) is 0 Å². The second kappa shape index (κ2) is 6.61. The Labute approximate surface area is 120 Å². The van der Waals surface area contributed by atoms with Gasteiger partial charge in [0.05, 0.1) is 0 Å². The quantitative estimate of drug-likeness (QED) is 0.741. The molecule has 106 valence electrons. The van der Waals surface area contributed by atoms with Crippen LogP contribution in [-0.2, 0) is 12.8 Å². The lowest BCUT2D eigenvalue weighted by atomic mass is 10.1. The Hall–Kier alpha value is -1.75. The number of carbonyl (C=O) groups excluding carboxylic acids is 1. The van der Waals surface area contributed by atoms with Gasteiger partial charge in [-0.3, -0.25) is 4.79 Å². The number of ether oxygens (including phenoxy) is 1. The van der Waals surface area contributed by atoms with Gasteiger partial charge in [0.2, 0.25) is 0 Å². The summed E-state index contributed by atoms with van der Waals surface area (Å²) in [6.07, 6.45) is 1.29. The number of hydrogen-bond donors (Lipinski definition) is 0. The van der Waals surface area contributed by atoms with Crippen molar-refractivity contribution in [2.75, 3.05) is 0 Å². The summed E-state index contributed by atoms with van der Waals surface area (Å²) in [5.74, 6) is 0.0269. The number of ketones is 1. The van der Waals surface area contributed by atoms with Crippen LogP contribution in [0, 0.1) is 0 Å². The molecule has 0 amide bonds. The summed E-state index contributed by atoms with van der Waals surface area (Å²) in [7, 11) is 0. The van der Waals surface area contributed by atoms with Crippen LogP contribution >= 0.6 is 11.3 Å². The van der Waals surface area contributed by atoms with Crippen molar-refractivity contribution in [2.24, 2.45) is 0 Å². The molecule has 0 aliphatic carbocycles. The van der Waals surface area contributed by atoms with E-state index >= 15 is 0 Å². The van der Waals surface area contributed by atoms with Crippen LogP contribution in [0.4, 0.5) is 8.78 Å². The highest BCUT2D eigenvalue weighted by Gasteiger charge is 2.10. The molecule has 0 fully saturated rings. The Balaban J connectivity index is 2.01. The lowest BCUT2D eigenvalue weighted by molar-refractivity contribution is -0.0498. The topological polar surface area (TPSA) is 26.3 Å². The van der Waals surface area contributed by atoms with Crippen LogP contribution in [0.1, 0.15) is 27.0 Å². The molecule has 2 rings (SSSR count). The molecular formula is C15H14F2O2S. The van der Waals surface area contributed by atoms with Gasteiger partial charge >= 0.3 is 6.61 Å². The zero-order chi connectivity index (χ0) is 14.5. The molecule has 1 aromatic heterocycles. The third-order valence-electron chi connectivity index (χ3n) is 2.80. The van der Waals surface area contributed by atoms with Crippen LogP contribution in [0.5, 0.6) is 5.75 Å². The molecular weight excluding hydrogens is 282 g/mol. The predicted molar refractivity (Wildman–Crippen MR) is 74.8 cm³/mol. The number of alkyl halides is 2. The summed E-state index contributed by atoms with van der Waals surface area (Å²) in [5, 5.41) is 0. The summed E-state index contributed by atoms with van der Waals surface area (Å²) >= 11 is 1.62. The van der Waals surface area contributed by atoms with E-state index < -0.39 is 6.61 Å². The predicted octanol–water partition coefficient (Wildman–Crippen LogP) is 4.34. The molecule has 0 saturated heterocycles. The molecule has 2 nitrogen and oxygen atoms in total. The van der Waals surface area contributed by atoms with Crippen LogP contribution in [0.3, 0.4) is 0 Å². The summed E-state index contributed by atoms with van der Waals surface area (Å²) in [5.41, 5.74) is 0.498. The Bertz CT molecular complexity index is 576. The van der Waals surface area contributed by atoms with Gasteiger partial charge in [-0.05, 0) is 42.8 Å². The van der Waals surface area contributed by atoms with Crippen LogP contribution in [0.25, 0.3) is 0 Å². The first-order chi connectivity index (χ1) is 9.58. The molecule has 0 radical (unpaired) electrons. The number of Topliss-reactive ketones (excluding diaryl/α,β-unsaturated/α-hetero) is 1. The van der Waals surface area contributed by atoms with Crippen molar-refractivity contribution in [3.05, 3.63) is 51.7 Å². The van der Waals surface area contributed by atoms with E-state index in [1.807, 2.05) is 12.1 Å². The highest BCUT2D eigenvalue weighted by Crippen LogP contribution is 2.20. The molecule has 0 aliphatic heterocycles. The van der Waals surface area contributed by atoms with Crippen molar-refractivity contribution in [2.45, 2.75) is 26.4 Å². The van der Waals surface area contributed by atoms with Crippen molar-refractivity contribution < 1.29 is 18.3 Å². The fraction of sp³-hybridized carbons (Fsp3) is 0.267. The Morgan fingerprint density at radius 1 is 1.15 bits per heavy atom. The van der Waals surface area contributed by atoms with Crippen LogP contribution in [-0.4, -0.2) is 12.4 Å². The van der Waals surface area contributed by atoms with Gasteiger partial charge in [-0.25, -0.2) is 0 Å². The molecule has 0 atom stereocenters. The van der Waals surface area contributed by atoms with E-state index in [-0.39, 0.29) is 11.5 Å². The van der Waals surface area contributed by atoms with Gasteiger partial charge in [-0.15, -0.1) is 11.3 Å². The lowest BCUT2D eigenvalue weighted by Gasteiger charge is -2.05. The first-order valence-electron chi connectivity index (χ1n) is 6.24. The van der Waals surface area contributed by atoms with Gasteiger partial charge in [0, 0.05) is 21.7 Å². The summed E-state index contributed by atoms with van der Waals surface area (Å²) < 4.78 is 28.3. The maximum atomic E-state index is 12.1. The third kappa shape index (κ3) is 3.87. The number of benzene rings is 1. The molecule has 0 N–H and O–H groups in total. The maximum absolute atomic E-state index is 12.1. The van der Waals surface area contributed by atoms with E-state index in [1.165, 1.54) is 29.1 Å². The SMILES string of the molecule is CCc1ccc(CC(=O)c2ccc(OC(F)F)cc2)s1. The Kier molecular flexibility index (Phi) is 4.84. The third-order valence-corrected chi connectivity index (χ3v) is 4.03. The first kappa shape index (κ1) is 14.7. The maximum Gasteiger partial charge on any atom is 0.387 e. The van der Waals surface area contributed by atoms with Gasteiger partial charge in [-0.1, -0.05) is 6.92 Å². The highest BCUT2D eigenvalue weighted by molar-refractivity contribution is 7.12. The van der Waals surface area contributed by atoms with Crippen molar-refractivity contribution in [3.8, 4) is 5.75 Å². The zero-order valence-corrected chi connectivity index (χ0v) is 11.8. The molecule has 20 heavy (non-hydrogen) atoms. The van der Waals surface area contributed by atoms with Crippen molar-refractivity contribution in [1.29, 1.82) is 0 Å². The van der Waals surface area contributed by atoms with Gasteiger partial charge in [0.25, 0.3) is 0 Å². The zero-order valence-electron chi connectivity index (χ0n) is 10.9. The standard InChI is InChI=1S/C15H14F2O2S/c1-2-12-7-8-13(20-12)9-14(18)10-3-5-11(6-4-10)19-15(16)17/h3-8,15H,2,9H2,1H3. The van der Waals surface area contributed by atoms with E-state index in [1.54, 1.807) is 11.3 Å². The monoisotopic (exact) mass is 296 g/mol. The van der Waals surface area contributed by atoms with E-state index in [0.717, 1.165) is 11.3 Å². The highest BCUT2D eigenvalue weighted by atomic mass is 32.1. The van der Waals surface area contributed by atoms with E-state index in [0.29, 0.717) is 12.0 Å². The van der Waals surface area contributed by atoms with Crippen LogP contribution in [0.15, 0.2) is 36.4 Å². The largest absolute Gasteiger partial charge is 0.435 e. The molecule has 0 saturated carbocycles. The number of thiophene rings is 1. The van der Waals surface area contributed by atoms with Crippen molar-refractivity contribution >= 4 is 17.1 Å². The average molecular weight is 296 g/mol. The molecule has 2 aromatic rings. The summed E-state index contributed by atoms with van der Waals surface area (Å²) in [6, 6.07) is 9.75. The second-order valence-electron chi connectivity index (χ2n) is 4.22. The minimum Gasteiger partial charge on any atom is -0.435 e. The first-order valence-corrected chi connectivity index (χ1v) is 7.05. The lowest BCUT2D eigenvalue weighted by Crippen LogP contribution is -2.04. The number of hydrogen-bond acceptors (Lipinski definition) is 3. The van der Waals surface area contributed by atoms with Crippen LogP contribution in [0.2, 0.25) is 0 Å². The fourth-order valence-corrected chi connectivity index (χ4v) is 2.75. The van der Waals surface area contributed by atoms with Crippen molar-refractivity contribution in [1.82, 2.24) is 0 Å². The summed E-state index contributed by atoms with van der Waals surface area (Å²) in [4.78, 5) is 14.3. The minimum atomic E-state index is -2.85. The molecule has 5 heteroatoms. The molecule has 0 bridgehead atoms. The van der Waals surface area contributed by atoms with Gasteiger partial charge in [0.15, 0.2) is 5.78 Å². The van der Waals surface area contributed by atoms with Crippen LogP contribution < -0.4 is 4.74 Å². The second-order valence-corrected chi connectivity index (χ2v) is 5.48. The average Bonchev–Trinajstić information content (AvgIpc) is 2.86. The Morgan fingerprint density at radius 3 is 2.35 bits per heavy atom. The summed E-state index contributed by atoms with van der Waals surface area (Å²) in [6.45, 7) is -0.783. The van der Waals surface area contributed by atoms with Gasteiger partial charge in [-0.2, -0.15) is 8.78 Å². The van der Waals surface area contributed by atoms with E-state index in [2.05, 4.69) is 11.7 Å². The fourth-order valence-electron chi connectivity index (χ4n) is 1.79. The molecule has 1 heterocycles. The minimum absolute atomic E-state index is 0.0295. The smallest absolute Gasteiger partial charge is 0.387 e. The Morgan fingerprint density at radius 2 is 1.80 bits per heavy atom. The number of rotatable bonds is 6. The molecule has 0 spiro atoms. The van der Waals surface area contributed by atoms with Gasteiger partial charge < -0.3 is 4.74 Å². The number of halogens is 2. The molecule has 0 unspecified atom stereocenters. The number of aryl methyl sites for hydroxylation is 1.